The molecule has 7 heteroatoms. The van der Waals surface area contributed by atoms with Gasteiger partial charge in [0.1, 0.15) is 11.6 Å². The lowest BCUT2D eigenvalue weighted by Crippen LogP contribution is -2.12. The number of nitrogens with one attached hydrogen (secondary N) is 2. The molecule has 0 spiro atoms. The molecule has 160 valence electrons. The Bertz CT molecular complexity index is 1230. The summed E-state index contributed by atoms with van der Waals surface area (Å²) in [5.74, 6) is 0.973. The number of fused-ring (bicyclic) bond motifs is 1. The molecule has 1 amide bonds. The highest BCUT2D eigenvalue weighted by molar-refractivity contribution is 6.31. The highest BCUT2D eigenvalue weighted by Gasteiger charge is 2.13. The lowest BCUT2D eigenvalue weighted by atomic mass is 10.1. The molecule has 0 radical (unpaired) electrons. The van der Waals surface area contributed by atoms with E-state index in [1.54, 1.807) is 37.4 Å². The van der Waals surface area contributed by atoms with Crippen molar-refractivity contribution in [2.45, 2.75) is 20.8 Å². The number of halogens is 2. The highest BCUT2D eigenvalue weighted by Crippen LogP contribution is 2.31. The Labute approximate surface area is 191 Å². The van der Waals surface area contributed by atoms with Crippen LogP contribution in [-0.2, 0) is 0 Å². The molecule has 0 aliphatic rings. The van der Waals surface area contributed by atoms with Crippen LogP contribution in [0.5, 0.6) is 5.75 Å². The van der Waals surface area contributed by atoms with E-state index in [1.807, 2.05) is 45.0 Å². The van der Waals surface area contributed by atoms with Gasteiger partial charge in [-0.2, -0.15) is 0 Å². The van der Waals surface area contributed by atoms with E-state index in [9.17, 15) is 4.79 Å². The fourth-order valence-electron chi connectivity index (χ4n) is 3.04. The SMILES string of the molecule is CC.COc1cc(-c2nc3ccc(Cl)cc3[nH]2)ccc1NC(=O)c1ccc(Cl)c(C)c1. The number of nitrogens with zero attached hydrogens (tertiary/aromatic N) is 1. The van der Waals surface area contributed by atoms with E-state index in [4.69, 9.17) is 27.9 Å². The lowest BCUT2D eigenvalue weighted by molar-refractivity contribution is 0.102. The quantitative estimate of drug-likeness (QED) is 0.343. The van der Waals surface area contributed by atoms with Gasteiger partial charge in [0.25, 0.3) is 5.91 Å². The number of amides is 1. The maximum atomic E-state index is 12.6. The Balaban J connectivity index is 0.00000132. The zero-order chi connectivity index (χ0) is 22.5. The van der Waals surface area contributed by atoms with Crippen molar-refractivity contribution in [1.29, 1.82) is 0 Å². The fourth-order valence-corrected chi connectivity index (χ4v) is 3.33. The van der Waals surface area contributed by atoms with Crippen LogP contribution in [0, 0.1) is 6.92 Å². The third kappa shape index (κ3) is 5.01. The van der Waals surface area contributed by atoms with Crippen LogP contribution in [-0.4, -0.2) is 23.0 Å². The van der Waals surface area contributed by atoms with Crippen LogP contribution in [0.2, 0.25) is 10.0 Å². The summed E-state index contributed by atoms with van der Waals surface area (Å²) in [6, 6.07) is 16.1. The molecule has 5 nitrogen and oxygen atoms in total. The number of aromatic amines is 1. The van der Waals surface area contributed by atoms with Crippen LogP contribution >= 0.6 is 23.2 Å². The van der Waals surface area contributed by atoms with E-state index in [2.05, 4.69) is 15.3 Å². The summed E-state index contributed by atoms with van der Waals surface area (Å²) in [5.41, 5.74) is 4.42. The number of rotatable bonds is 4. The molecule has 31 heavy (non-hydrogen) atoms. The van der Waals surface area contributed by atoms with Gasteiger partial charge in [0.05, 0.1) is 23.8 Å². The standard InChI is InChI=1S/C22H17Cl2N3O2.C2H6/c1-12-9-14(3-6-16(12)24)22(28)27-18-7-4-13(10-20(18)29-2)21-25-17-8-5-15(23)11-19(17)26-21;1-2/h3-11H,1-2H3,(H,25,26)(H,27,28);1-2H3. The first-order chi connectivity index (χ1) is 14.9. The molecule has 0 unspecified atom stereocenters. The maximum Gasteiger partial charge on any atom is 0.255 e. The van der Waals surface area contributed by atoms with E-state index in [-0.39, 0.29) is 5.91 Å². The van der Waals surface area contributed by atoms with E-state index >= 15 is 0 Å². The molecule has 0 fully saturated rings. The van der Waals surface area contributed by atoms with Gasteiger partial charge in [0.15, 0.2) is 0 Å². The summed E-state index contributed by atoms with van der Waals surface area (Å²) in [6.45, 7) is 5.86. The Morgan fingerprint density at radius 2 is 1.81 bits per heavy atom. The summed E-state index contributed by atoms with van der Waals surface area (Å²) < 4.78 is 5.48. The van der Waals surface area contributed by atoms with E-state index in [1.165, 1.54) is 0 Å². The molecule has 1 heterocycles. The largest absolute Gasteiger partial charge is 0.495 e. The van der Waals surface area contributed by atoms with Crippen LogP contribution in [0.15, 0.2) is 54.6 Å². The first-order valence-corrected chi connectivity index (χ1v) is 10.6. The van der Waals surface area contributed by atoms with Crippen molar-refractivity contribution in [2.24, 2.45) is 0 Å². The van der Waals surface area contributed by atoms with Crippen molar-refractivity contribution in [1.82, 2.24) is 9.97 Å². The first-order valence-electron chi connectivity index (χ1n) is 9.86. The molecule has 1 aromatic heterocycles. The van der Waals surface area contributed by atoms with Crippen LogP contribution in [0.3, 0.4) is 0 Å². The summed E-state index contributed by atoms with van der Waals surface area (Å²) >= 11 is 12.1. The van der Waals surface area contributed by atoms with Crippen molar-refractivity contribution in [3.8, 4) is 17.1 Å². The second kappa shape index (κ2) is 9.86. The number of hydrogen-bond acceptors (Lipinski definition) is 3. The van der Waals surface area contributed by atoms with E-state index in [0.717, 1.165) is 22.2 Å². The number of benzene rings is 3. The third-order valence-electron chi connectivity index (χ3n) is 4.59. The summed E-state index contributed by atoms with van der Waals surface area (Å²) in [6.07, 6.45) is 0. The number of aromatic nitrogens is 2. The van der Waals surface area contributed by atoms with Gasteiger partial charge in [-0.1, -0.05) is 37.0 Å². The van der Waals surface area contributed by atoms with Gasteiger partial charge in [-0.25, -0.2) is 4.98 Å². The summed E-state index contributed by atoms with van der Waals surface area (Å²) in [4.78, 5) is 20.4. The minimum absolute atomic E-state index is 0.241. The van der Waals surface area contributed by atoms with Gasteiger partial charge in [-0.15, -0.1) is 0 Å². The number of hydrogen-bond donors (Lipinski definition) is 2. The van der Waals surface area contributed by atoms with Crippen LogP contribution in [0.4, 0.5) is 5.69 Å². The predicted molar refractivity (Wildman–Crippen MR) is 129 cm³/mol. The van der Waals surface area contributed by atoms with Crippen molar-refractivity contribution in [3.05, 3.63) is 75.8 Å². The van der Waals surface area contributed by atoms with Gasteiger partial charge < -0.3 is 15.0 Å². The number of imidazole rings is 1. The molecular weight excluding hydrogens is 433 g/mol. The normalized spacial score (nSPS) is 10.4. The second-order valence-corrected chi connectivity index (χ2v) is 7.42. The number of methoxy groups -OCH3 is 1. The Morgan fingerprint density at radius 1 is 1.03 bits per heavy atom. The van der Waals surface area contributed by atoms with Crippen LogP contribution < -0.4 is 10.1 Å². The van der Waals surface area contributed by atoms with E-state index < -0.39 is 0 Å². The topological polar surface area (TPSA) is 67.0 Å². The number of carbonyl (C=O) groups is 1. The summed E-state index contributed by atoms with van der Waals surface area (Å²) in [5, 5.41) is 4.14. The zero-order valence-electron chi connectivity index (χ0n) is 17.7. The van der Waals surface area contributed by atoms with Crippen molar-refractivity contribution >= 4 is 45.8 Å². The molecule has 0 saturated heterocycles. The number of anilines is 1. The monoisotopic (exact) mass is 455 g/mol. The van der Waals surface area contributed by atoms with Crippen LogP contribution in [0.25, 0.3) is 22.4 Å². The number of H-pyrrole nitrogens is 1. The predicted octanol–water partition coefficient (Wildman–Crippen LogP) is 7.13. The molecule has 0 bridgehead atoms. The van der Waals surface area contributed by atoms with Gasteiger partial charge in [0, 0.05) is 21.2 Å². The minimum Gasteiger partial charge on any atom is -0.495 e. The number of carbonyl (C=O) groups excluding carboxylic acids is 1. The molecule has 0 aliphatic carbocycles. The smallest absolute Gasteiger partial charge is 0.255 e. The number of aryl methyl sites for hydroxylation is 1. The van der Waals surface area contributed by atoms with Crippen molar-refractivity contribution in [2.75, 3.05) is 12.4 Å². The van der Waals surface area contributed by atoms with E-state index in [0.29, 0.717) is 32.9 Å². The Kier molecular flexibility index (Phi) is 7.21. The minimum atomic E-state index is -0.241. The Hall–Kier alpha value is -3.02. The Morgan fingerprint density at radius 3 is 2.52 bits per heavy atom. The lowest BCUT2D eigenvalue weighted by Gasteiger charge is -2.12. The molecule has 3 aromatic carbocycles. The fraction of sp³-hybridized carbons (Fsp3) is 0.167. The molecule has 4 rings (SSSR count). The highest BCUT2D eigenvalue weighted by atomic mass is 35.5. The zero-order valence-corrected chi connectivity index (χ0v) is 19.2. The molecule has 0 saturated carbocycles. The molecule has 0 atom stereocenters. The van der Waals surface area contributed by atoms with Gasteiger partial charge in [0.2, 0.25) is 0 Å². The first kappa shape index (κ1) is 22.7. The van der Waals surface area contributed by atoms with Gasteiger partial charge in [-0.05, 0) is 67.1 Å². The van der Waals surface area contributed by atoms with Crippen LogP contribution in [0.1, 0.15) is 29.8 Å². The molecule has 4 aromatic rings. The second-order valence-electron chi connectivity index (χ2n) is 6.58. The van der Waals surface area contributed by atoms with Crippen molar-refractivity contribution < 1.29 is 9.53 Å². The summed E-state index contributed by atoms with van der Waals surface area (Å²) in [7, 11) is 1.56. The molecule has 2 N–H and O–H groups in total. The van der Waals surface area contributed by atoms with Gasteiger partial charge >= 0.3 is 0 Å². The maximum absolute atomic E-state index is 12.6. The average Bonchev–Trinajstić information content (AvgIpc) is 3.20. The number of ether oxygens (including phenoxy) is 1. The van der Waals surface area contributed by atoms with Gasteiger partial charge in [-0.3, -0.25) is 4.79 Å². The molecular formula is C24H23Cl2N3O2. The third-order valence-corrected chi connectivity index (χ3v) is 5.25. The molecule has 0 aliphatic heterocycles. The van der Waals surface area contributed by atoms with Crippen molar-refractivity contribution in [3.63, 3.8) is 0 Å². The average molecular weight is 456 g/mol.